The average Bonchev–Trinajstić information content (AvgIpc) is 2.72. The van der Waals surface area contributed by atoms with Crippen molar-refractivity contribution in [1.29, 1.82) is 0 Å². The Hall–Kier alpha value is -3.06. The van der Waals surface area contributed by atoms with E-state index in [2.05, 4.69) is 15.3 Å². The monoisotopic (exact) mass is 437 g/mol. The molecule has 0 aliphatic carbocycles. The first-order chi connectivity index (χ1) is 14.6. The lowest BCUT2D eigenvalue weighted by atomic mass is 10.0. The Balaban J connectivity index is 1.96. The van der Waals surface area contributed by atoms with E-state index in [-0.39, 0.29) is 29.0 Å². The number of rotatable bonds is 7. The van der Waals surface area contributed by atoms with Gasteiger partial charge >= 0.3 is 0 Å². The van der Waals surface area contributed by atoms with Crippen LogP contribution in [-0.4, -0.2) is 30.0 Å². The van der Waals surface area contributed by atoms with Crippen LogP contribution in [0.15, 0.2) is 59.8 Å². The normalized spacial score (nSPS) is 11.5. The van der Waals surface area contributed by atoms with Gasteiger partial charge in [0.25, 0.3) is 5.91 Å². The number of hydrogen-bond donors (Lipinski definition) is 1. The Labute approximate surface area is 183 Å². The topological polar surface area (TPSA) is 89.0 Å². The molecule has 1 heterocycles. The summed E-state index contributed by atoms with van der Waals surface area (Å²) in [7, 11) is -3.53. The molecule has 0 saturated carbocycles. The summed E-state index contributed by atoms with van der Waals surface area (Å²) in [6.07, 6.45) is 3.31. The molecule has 0 aliphatic heterocycles. The second-order valence-electron chi connectivity index (χ2n) is 8.11. The largest absolute Gasteiger partial charge is 0.348 e. The van der Waals surface area contributed by atoms with E-state index in [9.17, 15) is 13.2 Å². The highest BCUT2D eigenvalue weighted by atomic mass is 32.2. The molecule has 1 amide bonds. The molecule has 162 valence electrons. The molecule has 6 nitrogen and oxygen atoms in total. The van der Waals surface area contributed by atoms with Crippen LogP contribution < -0.4 is 5.32 Å². The Kier molecular flexibility index (Phi) is 6.85. The summed E-state index contributed by atoms with van der Waals surface area (Å²) in [6, 6.07) is 12.6. The summed E-state index contributed by atoms with van der Waals surface area (Å²) >= 11 is 0. The van der Waals surface area contributed by atoms with Gasteiger partial charge in [0.05, 0.1) is 10.6 Å². The summed E-state index contributed by atoms with van der Waals surface area (Å²) < 4.78 is 25.8. The van der Waals surface area contributed by atoms with E-state index in [1.807, 2.05) is 45.0 Å². The molecule has 0 bridgehead atoms. The van der Waals surface area contributed by atoms with Gasteiger partial charge in [-0.1, -0.05) is 43.7 Å². The fraction of sp³-hybridized carbons (Fsp3) is 0.292. The van der Waals surface area contributed by atoms with Crippen LogP contribution in [-0.2, 0) is 16.4 Å². The minimum atomic E-state index is -3.53. The van der Waals surface area contributed by atoms with Crippen molar-refractivity contribution in [3.8, 4) is 11.1 Å². The highest BCUT2D eigenvalue weighted by Crippen LogP contribution is 2.26. The fourth-order valence-electron chi connectivity index (χ4n) is 3.15. The molecule has 1 N–H and O–H groups in total. The van der Waals surface area contributed by atoms with Gasteiger partial charge < -0.3 is 5.32 Å². The molecule has 3 aromatic rings. The van der Waals surface area contributed by atoms with Crippen molar-refractivity contribution in [3.05, 3.63) is 77.4 Å². The van der Waals surface area contributed by atoms with E-state index >= 15 is 0 Å². The molecule has 1 aromatic heterocycles. The van der Waals surface area contributed by atoms with E-state index in [4.69, 9.17) is 0 Å². The Morgan fingerprint density at radius 2 is 1.61 bits per heavy atom. The van der Waals surface area contributed by atoms with Gasteiger partial charge in [-0.3, -0.25) is 4.79 Å². The van der Waals surface area contributed by atoms with Crippen molar-refractivity contribution in [1.82, 2.24) is 15.3 Å². The van der Waals surface area contributed by atoms with Crippen molar-refractivity contribution >= 4 is 15.7 Å². The third kappa shape index (κ3) is 5.98. The van der Waals surface area contributed by atoms with E-state index in [0.29, 0.717) is 17.0 Å². The molecule has 3 rings (SSSR count). The molecule has 7 heteroatoms. The zero-order valence-electron chi connectivity index (χ0n) is 18.2. The Bertz CT molecular complexity index is 1170. The number of nitrogens with zero attached hydrogens (tertiary/aromatic N) is 2. The number of hydrogen-bond acceptors (Lipinski definition) is 5. The standard InChI is InChI=1S/C24H27N3O3S/c1-16(2)15-31(29,30)23-10-21(20-7-5-17(3)6-8-20)9-22(11-23)24(28)27-14-19-12-25-18(4)26-13-19/h5-13,16H,14-15H2,1-4H3,(H,27,28). The van der Waals surface area contributed by atoms with Crippen molar-refractivity contribution in [2.45, 2.75) is 39.1 Å². The van der Waals surface area contributed by atoms with E-state index in [0.717, 1.165) is 16.7 Å². The van der Waals surface area contributed by atoms with E-state index in [1.165, 1.54) is 6.07 Å². The molecule has 0 fully saturated rings. The molecular formula is C24H27N3O3S. The van der Waals surface area contributed by atoms with Gasteiger partial charge in [0, 0.05) is 30.1 Å². The zero-order chi connectivity index (χ0) is 22.6. The maximum absolute atomic E-state index is 12.9. The summed E-state index contributed by atoms with van der Waals surface area (Å²) in [4.78, 5) is 21.3. The lowest BCUT2D eigenvalue weighted by molar-refractivity contribution is 0.0950. The van der Waals surface area contributed by atoms with Gasteiger partial charge in [-0.25, -0.2) is 18.4 Å². The molecule has 0 atom stereocenters. The highest BCUT2D eigenvalue weighted by Gasteiger charge is 2.20. The number of nitrogens with one attached hydrogen (secondary N) is 1. The molecule has 2 aromatic carbocycles. The van der Waals surface area contributed by atoms with Crippen molar-refractivity contribution in [3.63, 3.8) is 0 Å². The zero-order valence-corrected chi connectivity index (χ0v) is 19.0. The second-order valence-corrected chi connectivity index (χ2v) is 10.1. The lowest BCUT2D eigenvalue weighted by Gasteiger charge is -2.13. The molecule has 0 radical (unpaired) electrons. The Morgan fingerprint density at radius 3 is 2.23 bits per heavy atom. The maximum Gasteiger partial charge on any atom is 0.251 e. The van der Waals surface area contributed by atoms with E-state index in [1.54, 1.807) is 31.5 Å². The first-order valence-corrected chi connectivity index (χ1v) is 11.8. The Morgan fingerprint density at radius 1 is 0.968 bits per heavy atom. The van der Waals surface area contributed by atoms with Gasteiger partial charge in [-0.2, -0.15) is 0 Å². The van der Waals surface area contributed by atoms with Crippen LogP contribution in [0.5, 0.6) is 0 Å². The number of benzene rings is 2. The number of carbonyl (C=O) groups is 1. The van der Waals surface area contributed by atoms with Gasteiger partial charge in [-0.05, 0) is 49.1 Å². The van der Waals surface area contributed by atoms with Crippen LogP contribution >= 0.6 is 0 Å². The quantitative estimate of drug-likeness (QED) is 0.601. The number of carbonyl (C=O) groups excluding carboxylic acids is 1. The predicted molar refractivity (Wildman–Crippen MR) is 121 cm³/mol. The molecule has 0 unspecified atom stereocenters. The van der Waals surface area contributed by atoms with E-state index < -0.39 is 9.84 Å². The summed E-state index contributed by atoms with van der Waals surface area (Å²) in [5, 5.41) is 2.83. The van der Waals surface area contributed by atoms with Crippen LogP contribution in [0.2, 0.25) is 0 Å². The molecular weight excluding hydrogens is 410 g/mol. The second kappa shape index (κ2) is 9.39. The van der Waals surface area contributed by atoms with Crippen LogP contribution in [0, 0.1) is 19.8 Å². The number of sulfone groups is 1. The average molecular weight is 438 g/mol. The first-order valence-electron chi connectivity index (χ1n) is 10.1. The third-order valence-corrected chi connectivity index (χ3v) is 6.81. The number of aryl methyl sites for hydroxylation is 2. The molecule has 31 heavy (non-hydrogen) atoms. The number of aromatic nitrogens is 2. The van der Waals surface area contributed by atoms with Crippen LogP contribution in [0.25, 0.3) is 11.1 Å². The number of amides is 1. The minimum Gasteiger partial charge on any atom is -0.348 e. The smallest absolute Gasteiger partial charge is 0.251 e. The third-order valence-electron chi connectivity index (χ3n) is 4.75. The molecule has 0 saturated heterocycles. The highest BCUT2D eigenvalue weighted by molar-refractivity contribution is 7.91. The summed E-state index contributed by atoms with van der Waals surface area (Å²) in [5.41, 5.74) is 3.71. The van der Waals surface area contributed by atoms with Crippen molar-refractivity contribution < 1.29 is 13.2 Å². The molecule has 0 aliphatic rings. The van der Waals surface area contributed by atoms with Gasteiger partial charge in [0.1, 0.15) is 5.82 Å². The lowest BCUT2D eigenvalue weighted by Crippen LogP contribution is -2.23. The minimum absolute atomic E-state index is 0.0200. The van der Waals surface area contributed by atoms with Gasteiger partial charge in [-0.15, -0.1) is 0 Å². The summed E-state index contributed by atoms with van der Waals surface area (Å²) in [6.45, 7) is 7.75. The van der Waals surface area contributed by atoms with Gasteiger partial charge in [0.15, 0.2) is 9.84 Å². The first kappa shape index (κ1) is 22.6. The van der Waals surface area contributed by atoms with Crippen LogP contribution in [0.4, 0.5) is 0 Å². The predicted octanol–water partition coefficient (Wildman–Crippen LogP) is 4.12. The fourth-order valence-corrected chi connectivity index (χ4v) is 4.84. The molecule has 0 spiro atoms. The van der Waals surface area contributed by atoms with Gasteiger partial charge in [0.2, 0.25) is 0 Å². The maximum atomic E-state index is 12.9. The van der Waals surface area contributed by atoms with Crippen molar-refractivity contribution in [2.24, 2.45) is 5.92 Å². The van der Waals surface area contributed by atoms with Crippen LogP contribution in [0.1, 0.15) is 41.2 Å². The van der Waals surface area contributed by atoms with Crippen molar-refractivity contribution in [2.75, 3.05) is 5.75 Å². The SMILES string of the molecule is Cc1ccc(-c2cc(C(=O)NCc3cnc(C)nc3)cc(S(=O)(=O)CC(C)C)c2)cc1. The summed E-state index contributed by atoms with van der Waals surface area (Å²) in [5.74, 6) is 0.301. The van der Waals surface area contributed by atoms with Crippen LogP contribution in [0.3, 0.4) is 0 Å².